The normalized spacial score (nSPS) is 13.1. The maximum Gasteiger partial charge on any atom is 0.0701 e. The largest absolute Gasteiger partial charge is 0.314 e. The summed E-state index contributed by atoms with van der Waals surface area (Å²) in [5.41, 5.74) is 0.326. The van der Waals surface area contributed by atoms with Crippen molar-refractivity contribution in [3.8, 4) is 0 Å². The van der Waals surface area contributed by atoms with E-state index in [9.17, 15) is 0 Å². The van der Waals surface area contributed by atoms with Crippen LogP contribution in [0.2, 0.25) is 0 Å². The van der Waals surface area contributed by atoms with Gasteiger partial charge in [0.15, 0.2) is 0 Å². The molecule has 0 aliphatic heterocycles. The van der Waals surface area contributed by atoms with E-state index in [1.54, 1.807) is 0 Å². The minimum absolute atomic E-state index is 0.145. The molecule has 0 aliphatic carbocycles. The third-order valence-electron chi connectivity index (χ3n) is 3.05. The summed E-state index contributed by atoms with van der Waals surface area (Å²) in [6.45, 7) is 10.9. The van der Waals surface area contributed by atoms with E-state index in [0.717, 1.165) is 13.1 Å². The summed E-state index contributed by atoms with van der Waals surface area (Å²) in [4.78, 5) is 1.42. The Bertz CT molecular complexity index is 358. The second-order valence-electron chi connectivity index (χ2n) is 5.73. The lowest BCUT2D eigenvalue weighted by Gasteiger charge is -2.29. The lowest BCUT2D eigenvalue weighted by molar-refractivity contribution is 0.369. The van der Waals surface area contributed by atoms with Crippen molar-refractivity contribution >= 4 is 27.3 Å². The van der Waals surface area contributed by atoms with Crippen molar-refractivity contribution in [3.63, 3.8) is 0 Å². The Morgan fingerprint density at radius 3 is 2.29 bits per heavy atom. The van der Waals surface area contributed by atoms with Gasteiger partial charge in [0.25, 0.3) is 0 Å². The molecule has 0 saturated heterocycles. The van der Waals surface area contributed by atoms with Gasteiger partial charge < -0.3 is 10.6 Å². The van der Waals surface area contributed by atoms with Gasteiger partial charge in [-0.15, -0.1) is 11.3 Å². The Balaban J connectivity index is 2.51. The van der Waals surface area contributed by atoms with Crippen molar-refractivity contribution in [2.75, 3.05) is 20.1 Å². The van der Waals surface area contributed by atoms with Gasteiger partial charge in [0.05, 0.1) is 3.79 Å². The lowest BCUT2D eigenvalue weighted by Crippen LogP contribution is -2.48. The SMILES string of the molecule is CNC(C)(C)CNCC(C)(C)c1ccc(Br)s1. The van der Waals surface area contributed by atoms with Gasteiger partial charge in [0.2, 0.25) is 0 Å². The fourth-order valence-corrected chi connectivity index (χ4v) is 3.03. The molecule has 0 amide bonds. The van der Waals surface area contributed by atoms with Gasteiger partial charge in [-0.25, -0.2) is 0 Å². The molecule has 0 bridgehead atoms. The van der Waals surface area contributed by atoms with Crippen molar-refractivity contribution in [2.24, 2.45) is 0 Å². The Hall–Kier alpha value is 0.1000. The van der Waals surface area contributed by atoms with Gasteiger partial charge in [-0.1, -0.05) is 13.8 Å². The van der Waals surface area contributed by atoms with E-state index >= 15 is 0 Å². The number of hydrogen-bond acceptors (Lipinski definition) is 3. The number of halogens is 1. The molecular weight excluding hydrogens is 296 g/mol. The summed E-state index contributed by atoms with van der Waals surface area (Å²) in [5, 5.41) is 6.86. The summed E-state index contributed by atoms with van der Waals surface area (Å²) in [6, 6.07) is 4.33. The van der Waals surface area contributed by atoms with Crippen molar-refractivity contribution < 1.29 is 0 Å². The highest BCUT2D eigenvalue weighted by atomic mass is 79.9. The van der Waals surface area contributed by atoms with Crippen LogP contribution in [-0.4, -0.2) is 25.7 Å². The summed E-state index contributed by atoms with van der Waals surface area (Å²) < 4.78 is 1.20. The van der Waals surface area contributed by atoms with Gasteiger partial charge in [-0.3, -0.25) is 0 Å². The minimum Gasteiger partial charge on any atom is -0.314 e. The second-order valence-corrected chi connectivity index (χ2v) is 8.19. The molecular formula is C13H23BrN2S. The van der Waals surface area contributed by atoms with Gasteiger partial charge in [0, 0.05) is 28.9 Å². The van der Waals surface area contributed by atoms with E-state index in [2.05, 4.69) is 66.4 Å². The molecule has 2 N–H and O–H groups in total. The Labute approximate surface area is 117 Å². The summed E-state index contributed by atoms with van der Waals surface area (Å²) in [6.07, 6.45) is 0. The van der Waals surface area contributed by atoms with Crippen LogP contribution in [0.25, 0.3) is 0 Å². The van der Waals surface area contributed by atoms with Crippen molar-refractivity contribution in [1.29, 1.82) is 0 Å². The van der Waals surface area contributed by atoms with Crippen LogP contribution < -0.4 is 10.6 Å². The average Bonchev–Trinajstić information content (AvgIpc) is 2.65. The Kier molecular flexibility index (Phi) is 5.20. The molecule has 98 valence electrons. The van der Waals surface area contributed by atoms with Crippen molar-refractivity contribution in [2.45, 2.75) is 38.6 Å². The van der Waals surface area contributed by atoms with Gasteiger partial charge in [-0.2, -0.15) is 0 Å². The quantitative estimate of drug-likeness (QED) is 0.840. The molecule has 0 aromatic carbocycles. The number of hydrogen-bond donors (Lipinski definition) is 2. The Morgan fingerprint density at radius 2 is 1.82 bits per heavy atom. The average molecular weight is 319 g/mol. The maximum atomic E-state index is 3.55. The fraction of sp³-hybridized carbons (Fsp3) is 0.692. The molecule has 0 fully saturated rings. The summed E-state index contributed by atoms with van der Waals surface area (Å²) in [7, 11) is 2.00. The highest BCUT2D eigenvalue weighted by molar-refractivity contribution is 9.11. The van der Waals surface area contributed by atoms with Crippen LogP contribution in [0, 0.1) is 0 Å². The first-order valence-corrected chi connectivity index (χ1v) is 7.53. The predicted molar refractivity (Wildman–Crippen MR) is 81.1 cm³/mol. The molecule has 0 unspecified atom stereocenters. The van der Waals surface area contributed by atoms with Crippen LogP contribution in [0.3, 0.4) is 0 Å². The summed E-state index contributed by atoms with van der Waals surface area (Å²) in [5.74, 6) is 0. The van der Waals surface area contributed by atoms with E-state index in [0.29, 0.717) is 0 Å². The number of rotatable bonds is 6. The molecule has 17 heavy (non-hydrogen) atoms. The van der Waals surface area contributed by atoms with Crippen LogP contribution in [-0.2, 0) is 5.41 Å². The van der Waals surface area contributed by atoms with Gasteiger partial charge in [-0.05, 0) is 49.0 Å². The zero-order valence-corrected chi connectivity index (χ0v) is 13.8. The Morgan fingerprint density at radius 1 is 1.18 bits per heavy atom. The van der Waals surface area contributed by atoms with Crippen LogP contribution in [0.1, 0.15) is 32.6 Å². The molecule has 0 spiro atoms. The van der Waals surface area contributed by atoms with E-state index in [1.807, 2.05) is 18.4 Å². The van der Waals surface area contributed by atoms with Gasteiger partial charge in [0.1, 0.15) is 0 Å². The molecule has 4 heteroatoms. The topological polar surface area (TPSA) is 24.1 Å². The maximum absolute atomic E-state index is 3.55. The van der Waals surface area contributed by atoms with Crippen LogP contribution >= 0.6 is 27.3 Å². The zero-order valence-electron chi connectivity index (χ0n) is 11.4. The predicted octanol–water partition coefficient (Wildman–Crippen LogP) is 3.38. The molecule has 0 atom stereocenters. The monoisotopic (exact) mass is 318 g/mol. The fourth-order valence-electron chi connectivity index (χ4n) is 1.54. The third-order valence-corrected chi connectivity index (χ3v) is 5.04. The smallest absolute Gasteiger partial charge is 0.0701 e. The number of thiophene rings is 1. The molecule has 0 radical (unpaired) electrons. The molecule has 1 aromatic heterocycles. The van der Waals surface area contributed by atoms with Gasteiger partial charge >= 0.3 is 0 Å². The molecule has 1 heterocycles. The highest BCUT2D eigenvalue weighted by Gasteiger charge is 2.23. The van der Waals surface area contributed by atoms with Crippen LogP contribution in [0.5, 0.6) is 0 Å². The first-order valence-electron chi connectivity index (χ1n) is 5.92. The molecule has 1 aromatic rings. The van der Waals surface area contributed by atoms with E-state index in [-0.39, 0.29) is 11.0 Å². The van der Waals surface area contributed by atoms with Crippen LogP contribution in [0.15, 0.2) is 15.9 Å². The molecule has 0 aliphatic rings. The van der Waals surface area contributed by atoms with E-state index in [1.165, 1.54) is 8.66 Å². The van der Waals surface area contributed by atoms with Crippen molar-refractivity contribution in [1.82, 2.24) is 10.6 Å². The summed E-state index contributed by atoms with van der Waals surface area (Å²) >= 11 is 5.34. The third kappa shape index (κ3) is 4.70. The standard InChI is InChI=1S/C13H23BrN2S/c1-12(2,10-6-7-11(14)17-10)8-16-9-13(3,4)15-5/h6-7,15-16H,8-9H2,1-5H3. The number of likely N-dealkylation sites (N-methyl/N-ethyl adjacent to an activating group) is 1. The first-order chi connectivity index (χ1) is 7.77. The second kappa shape index (κ2) is 5.83. The van der Waals surface area contributed by atoms with Crippen molar-refractivity contribution in [3.05, 3.63) is 20.8 Å². The lowest BCUT2D eigenvalue weighted by atomic mass is 9.91. The highest BCUT2D eigenvalue weighted by Crippen LogP contribution is 2.32. The molecule has 0 saturated carbocycles. The van der Waals surface area contributed by atoms with Crippen LogP contribution in [0.4, 0.5) is 0 Å². The minimum atomic E-state index is 0.145. The first kappa shape index (κ1) is 15.2. The molecule has 2 nitrogen and oxygen atoms in total. The number of nitrogens with one attached hydrogen (secondary N) is 2. The molecule has 1 rings (SSSR count). The van der Waals surface area contributed by atoms with E-state index in [4.69, 9.17) is 0 Å². The zero-order chi connectivity index (χ0) is 13.1. The van der Waals surface area contributed by atoms with E-state index < -0.39 is 0 Å².